The summed E-state index contributed by atoms with van der Waals surface area (Å²) in [5.74, 6) is 0.653. The molecular weight excluding hydrogens is 256 g/mol. The Kier molecular flexibility index (Phi) is 3.28. The van der Waals surface area contributed by atoms with Gasteiger partial charge in [0, 0.05) is 12.3 Å². The average molecular weight is 270 g/mol. The zero-order valence-corrected chi connectivity index (χ0v) is 11.1. The van der Waals surface area contributed by atoms with E-state index in [-0.39, 0.29) is 5.56 Å². The Labute approximate surface area is 115 Å². The molecule has 6 nitrogen and oxygen atoms in total. The molecule has 0 unspecified atom stereocenters. The van der Waals surface area contributed by atoms with Crippen LogP contribution in [0.1, 0.15) is 24.8 Å². The first-order valence-electron chi connectivity index (χ1n) is 6.52. The van der Waals surface area contributed by atoms with Crippen LogP contribution in [0.2, 0.25) is 0 Å². The lowest BCUT2D eigenvalue weighted by atomic mass is 10.2. The lowest BCUT2D eigenvalue weighted by molar-refractivity contribution is 0.369. The average Bonchev–Trinajstić information content (AvgIpc) is 2.90. The zero-order valence-electron chi connectivity index (χ0n) is 11.1. The molecule has 3 aromatic heterocycles. The normalized spacial score (nSPS) is 11.1. The quantitative estimate of drug-likeness (QED) is 0.722. The fraction of sp³-hybridized carbons (Fsp3) is 0.286. The van der Waals surface area contributed by atoms with Crippen LogP contribution in [0, 0.1) is 0 Å². The second kappa shape index (κ2) is 5.24. The Morgan fingerprint density at radius 1 is 1.35 bits per heavy atom. The highest BCUT2D eigenvalue weighted by Crippen LogP contribution is 2.08. The SMILES string of the molecule is CCCc1cc(Cn2cnc3ncccc3c2=O)on1. The molecule has 0 bridgehead atoms. The summed E-state index contributed by atoms with van der Waals surface area (Å²) in [5.41, 5.74) is 1.24. The predicted molar refractivity (Wildman–Crippen MR) is 73.4 cm³/mol. The largest absolute Gasteiger partial charge is 0.359 e. The van der Waals surface area contributed by atoms with Crippen LogP contribution in [0.25, 0.3) is 11.0 Å². The summed E-state index contributed by atoms with van der Waals surface area (Å²) in [6.45, 7) is 2.41. The van der Waals surface area contributed by atoms with Crippen molar-refractivity contribution in [3.05, 3.63) is 52.5 Å². The Hall–Kier alpha value is -2.50. The Morgan fingerprint density at radius 2 is 2.25 bits per heavy atom. The van der Waals surface area contributed by atoms with Gasteiger partial charge in [0.05, 0.1) is 17.6 Å². The van der Waals surface area contributed by atoms with Crippen molar-refractivity contribution in [3.63, 3.8) is 0 Å². The van der Waals surface area contributed by atoms with Crippen LogP contribution >= 0.6 is 0 Å². The van der Waals surface area contributed by atoms with E-state index in [1.165, 1.54) is 10.9 Å². The number of aryl methyl sites for hydroxylation is 1. The molecule has 0 aliphatic heterocycles. The van der Waals surface area contributed by atoms with E-state index in [0.29, 0.717) is 23.3 Å². The van der Waals surface area contributed by atoms with Crippen molar-refractivity contribution in [2.24, 2.45) is 0 Å². The van der Waals surface area contributed by atoms with Gasteiger partial charge in [0.2, 0.25) is 0 Å². The summed E-state index contributed by atoms with van der Waals surface area (Å²) in [4.78, 5) is 20.5. The number of hydrogen-bond acceptors (Lipinski definition) is 5. The number of rotatable bonds is 4. The maximum atomic E-state index is 12.3. The Morgan fingerprint density at radius 3 is 3.10 bits per heavy atom. The number of pyridine rings is 1. The minimum Gasteiger partial charge on any atom is -0.359 e. The lowest BCUT2D eigenvalue weighted by Gasteiger charge is -2.02. The van der Waals surface area contributed by atoms with Crippen LogP contribution < -0.4 is 5.56 Å². The summed E-state index contributed by atoms with van der Waals surface area (Å²) >= 11 is 0. The Bertz CT molecular complexity index is 791. The maximum Gasteiger partial charge on any atom is 0.263 e. The summed E-state index contributed by atoms with van der Waals surface area (Å²) < 4.78 is 6.74. The molecule has 0 radical (unpaired) electrons. The standard InChI is InChI=1S/C14H14N4O2/c1-2-4-10-7-11(20-17-10)8-18-9-16-13-12(14(18)19)5-3-6-15-13/h3,5-7,9H,2,4,8H2,1H3. The van der Waals surface area contributed by atoms with Crippen LogP contribution in [0.5, 0.6) is 0 Å². The van der Waals surface area contributed by atoms with Gasteiger partial charge in [-0.1, -0.05) is 18.5 Å². The molecule has 0 saturated heterocycles. The van der Waals surface area contributed by atoms with Gasteiger partial charge in [-0.15, -0.1) is 0 Å². The highest BCUT2D eigenvalue weighted by Gasteiger charge is 2.08. The van der Waals surface area contributed by atoms with E-state index in [1.54, 1.807) is 18.3 Å². The number of fused-ring (bicyclic) bond motifs is 1. The molecule has 6 heteroatoms. The van der Waals surface area contributed by atoms with Crippen molar-refractivity contribution in [1.29, 1.82) is 0 Å². The first-order chi connectivity index (χ1) is 9.78. The minimum absolute atomic E-state index is 0.128. The third kappa shape index (κ3) is 2.32. The van der Waals surface area contributed by atoms with E-state index < -0.39 is 0 Å². The van der Waals surface area contributed by atoms with Gasteiger partial charge in [0.1, 0.15) is 6.33 Å². The van der Waals surface area contributed by atoms with E-state index in [0.717, 1.165) is 18.5 Å². The van der Waals surface area contributed by atoms with Gasteiger partial charge in [0.15, 0.2) is 11.4 Å². The van der Waals surface area contributed by atoms with E-state index in [4.69, 9.17) is 4.52 Å². The van der Waals surface area contributed by atoms with Crippen molar-refractivity contribution in [3.8, 4) is 0 Å². The van der Waals surface area contributed by atoms with E-state index in [2.05, 4.69) is 22.0 Å². The van der Waals surface area contributed by atoms with Gasteiger partial charge < -0.3 is 4.52 Å². The van der Waals surface area contributed by atoms with Gasteiger partial charge in [0.25, 0.3) is 5.56 Å². The molecule has 0 aliphatic carbocycles. The van der Waals surface area contributed by atoms with Crippen LogP contribution in [0.15, 0.2) is 40.0 Å². The van der Waals surface area contributed by atoms with Gasteiger partial charge in [-0.3, -0.25) is 9.36 Å². The zero-order chi connectivity index (χ0) is 13.9. The molecule has 0 saturated carbocycles. The fourth-order valence-corrected chi connectivity index (χ4v) is 2.08. The second-order valence-corrected chi connectivity index (χ2v) is 4.59. The van der Waals surface area contributed by atoms with Crippen molar-refractivity contribution >= 4 is 11.0 Å². The molecule has 3 aromatic rings. The topological polar surface area (TPSA) is 73.8 Å². The molecule has 0 aliphatic rings. The first kappa shape index (κ1) is 12.5. The molecule has 3 rings (SSSR count). The molecule has 0 spiro atoms. The third-order valence-corrected chi connectivity index (χ3v) is 3.04. The van der Waals surface area contributed by atoms with Crippen molar-refractivity contribution in [2.45, 2.75) is 26.3 Å². The lowest BCUT2D eigenvalue weighted by Crippen LogP contribution is -2.21. The summed E-state index contributed by atoms with van der Waals surface area (Å²) in [6, 6.07) is 5.32. The number of nitrogens with zero attached hydrogens (tertiary/aromatic N) is 4. The molecule has 0 aromatic carbocycles. The van der Waals surface area contributed by atoms with Gasteiger partial charge in [-0.25, -0.2) is 9.97 Å². The Balaban J connectivity index is 1.94. The molecule has 102 valence electrons. The molecule has 0 amide bonds. The predicted octanol–water partition coefficient (Wildman–Crippen LogP) is 1.78. The van der Waals surface area contributed by atoms with Crippen LogP contribution in [0.4, 0.5) is 0 Å². The second-order valence-electron chi connectivity index (χ2n) is 4.59. The summed E-state index contributed by atoms with van der Waals surface area (Å²) in [7, 11) is 0. The summed E-state index contributed by atoms with van der Waals surface area (Å²) in [5, 5.41) is 4.47. The van der Waals surface area contributed by atoms with Gasteiger partial charge in [-0.05, 0) is 18.6 Å². The molecule has 20 heavy (non-hydrogen) atoms. The van der Waals surface area contributed by atoms with Crippen molar-refractivity contribution < 1.29 is 4.52 Å². The smallest absolute Gasteiger partial charge is 0.263 e. The van der Waals surface area contributed by atoms with Gasteiger partial charge in [-0.2, -0.15) is 0 Å². The van der Waals surface area contributed by atoms with Crippen molar-refractivity contribution in [1.82, 2.24) is 19.7 Å². The monoisotopic (exact) mass is 270 g/mol. The molecular formula is C14H14N4O2. The van der Waals surface area contributed by atoms with E-state index in [1.807, 2.05) is 6.07 Å². The van der Waals surface area contributed by atoms with Crippen LogP contribution in [-0.2, 0) is 13.0 Å². The highest BCUT2D eigenvalue weighted by atomic mass is 16.5. The van der Waals surface area contributed by atoms with E-state index >= 15 is 0 Å². The number of aromatic nitrogens is 4. The van der Waals surface area contributed by atoms with Gasteiger partial charge >= 0.3 is 0 Å². The summed E-state index contributed by atoms with van der Waals surface area (Å²) in [6.07, 6.45) is 4.99. The first-order valence-corrected chi connectivity index (χ1v) is 6.52. The number of hydrogen-bond donors (Lipinski definition) is 0. The van der Waals surface area contributed by atoms with Crippen molar-refractivity contribution in [2.75, 3.05) is 0 Å². The molecule has 0 fully saturated rings. The van der Waals surface area contributed by atoms with Crippen LogP contribution in [-0.4, -0.2) is 19.7 Å². The van der Waals surface area contributed by atoms with E-state index in [9.17, 15) is 4.79 Å². The highest BCUT2D eigenvalue weighted by molar-refractivity contribution is 5.72. The molecule has 0 atom stereocenters. The molecule has 3 heterocycles. The molecule has 0 N–H and O–H groups in total. The third-order valence-electron chi connectivity index (χ3n) is 3.04. The minimum atomic E-state index is -0.128. The maximum absolute atomic E-state index is 12.3. The van der Waals surface area contributed by atoms with Crippen LogP contribution in [0.3, 0.4) is 0 Å². The fourth-order valence-electron chi connectivity index (χ4n) is 2.08.